The van der Waals surface area contributed by atoms with Crippen molar-refractivity contribution in [2.24, 2.45) is 0 Å². The minimum atomic E-state index is -0.259. The minimum Gasteiger partial charge on any atom is -0.495 e. The molecule has 1 heterocycles. The normalized spacial score (nSPS) is 14.4. The highest BCUT2D eigenvalue weighted by molar-refractivity contribution is 6.31. The highest BCUT2D eigenvalue weighted by Crippen LogP contribution is 2.28. The van der Waals surface area contributed by atoms with Gasteiger partial charge in [-0.05, 0) is 36.4 Å². The third-order valence-corrected chi connectivity index (χ3v) is 4.38. The van der Waals surface area contributed by atoms with Gasteiger partial charge in [0.2, 0.25) is 0 Å². The number of methoxy groups -OCH3 is 1. The molecule has 0 aliphatic carbocycles. The molecule has 1 aliphatic heterocycles. The number of urea groups is 1. The van der Waals surface area contributed by atoms with E-state index in [0.29, 0.717) is 42.6 Å². The summed E-state index contributed by atoms with van der Waals surface area (Å²) in [6.45, 7) is 2.38. The van der Waals surface area contributed by atoms with Crippen molar-refractivity contribution in [1.29, 1.82) is 0 Å². The first kappa shape index (κ1) is 17.4. The van der Waals surface area contributed by atoms with Crippen molar-refractivity contribution < 1.29 is 13.9 Å². The van der Waals surface area contributed by atoms with E-state index in [1.165, 1.54) is 19.2 Å². The molecule has 3 rings (SSSR count). The van der Waals surface area contributed by atoms with Gasteiger partial charge >= 0.3 is 6.03 Å². The van der Waals surface area contributed by atoms with Crippen LogP contribution in [-0.4, -0.2) is 44.2 Å². The molecule has 2 amide bonds. The number of ether oxygens (including phenoxy) is 1. The van der Waals surface area contributed by atoms with E-state index in [9.17, 15) is 9.18 Å². The molecule has 0 atom stereocenters. The largest absolute Gasteiger partial charge is 0.495 e. The van der Waals surface area contributed by atoms with Gasteiger partial charge in [0.25, 0.3) is 0 Å². The molecule has 1 N–H and O–H groups in total. The van der Waals surface area contributed by atoms with Crippen LogP contribution in [0.4, 0.5) is 20.6 Å². The molecule has 0 bridgehead atoms. The van der Waals surface area contributed by atoms with Gasteiger partial charge < -0.3 is 19.9 Å². The van der Waals surface area contributed by atoms with Crippen molar-refractivity contribution >= 4 is 29.0 Å². The zero-order valence-corrected chi connectivity index (χ0v) is 14.6. The summed E-state index contributed by atoms with van der Waals surface area (Å²) in [4.78, 5) is 16.3. The number of halogens is 2. The SMILES string of the molecule is COc1ccc(Cl)cc1NC(=O)N1CCN(c2cccc(F)c2)CC1. The van der Waals surface area contributed by atoms with E-state index in [1.807, 2.05) is 6.07 Å². The first-order valence-electron chi connectivity index (χ1n) is 7.97. The number of amides is 2. The van der Waals surface area contributed by atoms with E-state index >= 15 is 0 Å². The summed E-state index contributed by atoms with van der Waals surface area (Å²) in [6, 6.07) is 11.3. The number of piperazine rings is 1. The number of nitrogens with one attached hydrogen (secondary N) is 1. The molecule has 0 spiro atoms. The molecule has 0 radical (unpaired) electrons. The summed E-state index contributed by atoms with van der Waals surface area (Å²) in [5.41, 5.74) is 1.36. The summed E-state index contributed by atoms with van der Waals surface area (Å²) in [5, 5.41) is 3.36. The van der Waals surface area contributed by atoms with Crippen LogP contribution in [0.25, 0.3) is 0 Å². The first-order valence-corrected chi connectivity index (χ1v) is 8.34. The van der Waals surface area contributed by atoms with Crippen LogP contribution in [0, 0.1) is 5.82 Å². The fourth-order valence-corrected chi connectivity index (χ4v) is 2.98. The second kappa shape index (κ2) is 7.61. The van der Waals surface area contributed by atoms with Crippen LogP contribution in [0.5, 0.6) is 5.75 Å². The van der Waals surface area contributed by atoms with Crippen LogP contribution in [0.3, 0.4) is 0 Å². The van der Waals surface area contributed by atoms with Crippen molar-refractivity contribution in [3.05, 3.63) is 53.3 Å². The molecule has 0 aromatic heterocycles. The molecular weight excluding hydrogens is 345 g/mol. The van der Waals surface area contributed by atoms with Crippen LogP contribution in [0.2, 0.25) is 5.02 Å². The van der Waals surface area contributed by atoms with Gasteiger partial charge in [-0.1, -0.05) is 17.7 Å². The van der Waals surface area contributed by atoms with E-state index in [0.717, 1.165) is 5.69 Å². The number of rotatable bonds is 3. The summed E-state index contributed by atoms with van der Waals surface area (Å²) in [6.07, 6.45) is 0. The molecule has 1 fully saturated rings. The van der Waals surface area contributed by atoms with Crippen molar-refractivity contribution in [3.8, 4) is 5.75 Å². The number of anilines is 2. The Morgan fingerprint density at radius 2 is 1.92 bits per heavy atom. The quantitative estimate of drug-likeness (QED) is 0.901. The van der Waals surface area contributed by atoms with Crippen LogP contribution in [0.15, 0.2) is 42.5 Å². The highest BCUT2D eigenvalue weighted by atomic mass is 35.5. The summed E-state index contributed by atoms with van der Waals surface area (Å²) in [7, 11) is 1.54. The summed E-state index contributed by atoms with van der Waals surface area (Å²) >= 11 is 5.98. The molecule has 5 nitrogen and oxygen atoms in total. The lowest BCUT2D eigenvalue weighted by molar-refractivity contribution is 0.208. The van der Waals surface area contributed by atoms with Gasteiger partial charge in [0.05, 0.1) is 12.8 Å². The van der Waals surface area contributed by atoms with E-state index < -0.39 is 0 Å². The maximum Gasteiger partial charge on any atom is 0.322 e. The van der Waals surface area contributed by atoms with Crippen LogP contribution >= 0.6 is 11.6 Å². The predicted octanol–water partition coefficient (Wildman–Crippen LogP) is 3.84. The molecule has 1 saturated heterocycles. The second-order valence-corrected chi connectivity index (χ2v) is 6.17. The smallest absolute Gasteiger partial charge is 0.322 e. The second-order valence-electron chi connectivity index (χ2n) is 5.73. The van der Waals surface area contributed by atoms with E-state index in [-0.39, 0.29) is 11.8 Å². The maximum atomic E-state index is 13.3. The number of benzene rings is 2. The Labute approximate surface area is 150 Å². The van der Waals surface area contributed by atoms with Gasteiger partial charge in [-0.15, -0.1) is 0 Å². The Morgan fingerprint density at radius 1 is 1.16 bits per heavy atom. The zero-order chi connectivity index (χ0) is 17.8. The molecule has 25 heavy (non-hydrogen) atoms. The fraction of sp³-hybridized carbons (Fsp3) is 0.278. The molecule has 1 aliphatic rings. The average molecular weight is 364 g/mol. The molecule has 0 saturated carbocycles. The molecule has 132 valence electrons. The van der Waals surface area contributed by atoms with Crippen molar-refractivity contribution in [3.63, 3.8) is 0 Å². The molecule has 7 heteroatoms. The fourth-order valence-electron chi connectivity index (χ4n) is 2.81. The summed E-state index contributed by atoms with van der Waals surface area (Å²) < 4.78 is 18.6. The Kier molecular flexibility index (Phi) is 5.28. The number of carbonyl (C=O) groups excluding carboxylic acids is 1. The van der Waals surface area contributed by atoms with Crippen LogP contribution in [0.1, 0.15) is 0 Å². The third-order valence-electron chi connectivity index (χ3n) is 4.14. The van der Waals surface area contributed by atoms with E-state index in [2.05, 4.69) is 10.2 Å². The zero-order valence-electron chi connectivity index (χ0n) is 13.8. The monoisotopic (exact) mass is 363 g/mol. The number of hydrogen-bond acceptors (Lipinski definition) is 3. The topological polar surface area (TPSA) is 44.8 Å². The van der Waals surface area contributed by atoms with Gasteiger partial charge in [-0.3, -0.25) is 0 Å². The lowest BCUT2D eigenvalue weighted by atomic mass is 10.2. The predicted molar refractivity (Wildman–Crippen MR) is 97.2 cm³/mol. The van der Waals surface area contributed by atoms with Crippen molar-refractivity contribution in [1.82, 2.24) is 4.90 Å². The van der Waals surface area contributed by atoms with Gasteiger partial charge in [-0.2, -0.15) is 0 Å². The maximum absolute atomic E-state index is 13.3. The van der Waals surface area contributed by atoms with Crippen LogP contribution < -0.4 is 15.0 Å². The van der Waals surface area contributed by atoms with Gasteiger partial charge in [-0.25, -0.2) is 9.18 Å². The molecule has 0 unspecified atom stereocenters. The standard InChI is InChI=1S/C18H19ClFN3O2/c1-25-17-6-5-13(19)11-16(17)21-18(24)23-9-7-22(8-10-23)15-4-2-3-14(20)12-15/h2-6,11-12H,7-10H2,1H3,(H,21,24). The Balaban J connectivity index is 1.61. The number of hydrogen-bond donors (Lipinski definition) is 1. The number of nitrogens with zero attached hydrogens (tertiary/aromatic N) is 2. The van der Waals surface area contributed by atoms with Crippen molar-refractivity contribution in [2.45, 2.75) is 0 Å². The van der Waals surface area contributed by atoms with E-state index in [4.69, 9.17) is 16.3 Å². The average Bonchev–Trinajstić information content (AvgIpc) is 2.62. The first-order chi connectivity index (χ1) is 12.1. The van der Waals surface area contributed by atoms with Crippen molar-refractivity contribution in [2.75, 3.05) is 43.5 Å². The lowest BCUT2D eigenvalue weighted by Gasteiger charge is -2.36. The number of carbonyl (C=O) groups is 1. The van der Waals surface area contributed by atoms with Gasteiger partial charge in [0.1, 0.15) is 11.6 Å². The van der Waals surface area contributed by atoms with Gasteiger partial charge in [0.15, 0.2) is 0 Å². The Bertz CT molecular complexity index is 764. The molecular formula is C18H19ClFN3O2. The molecule has 2 aromatic rings. The Hall–Kier alpha value is -2.47. The van der Waals surface area contributed by atoms with Crippen LogP contribution in [-0.2, 0) is 0 Å². The molecule has 2 aromatic carbocycles. The lowest BCUT2D eigenvalue weighted by Crippen LogP contribution is -2.50. The Morgan fingerprint density at radius 3 is 2.60 bits per heavy atom. The highest BCUT2D eigenvalue weighted by Gasteiger charge is 2.22. The van der Waals surface area contributed by atoms with E-state index in [1.54, 1.807) is 29.2 Å². The minimum absolute atomic E-state index is 0.209. The third kappa shape index (κ3) is 4.14. The summed E-state index contributed by atoms with van der Waals surface area (Å²) in [5.74, 6) is 0.293. The van der Waals surface area contributed by atoms with Gasteiger partial charge in [0, 0.05) is 36.9 Å².